The van der Waals surface area contributed by atoms with Crippen LogP contribution in [0.4, 0.5) is 10.2 Å². The average molecular weight is 260 g/mol. The molecule has 0 spiro atoms. The number of likely N-dealkylation sites (N-methyl/N-ethyl adjacent to an activating group) is 1. The van der Waals surface area contributed by atoms with Gasteiger partial charge in [-0.15, -0.1) is 0 Å². The maximum Gasteiger partial charge on any atom is 0.144 e. The fraction of sp³-hybridized carbons (Fsp3) is 0.286. The van der Waals surface area contributed by atoms with E-state index in [4.69, 9.17) is 5.73 Å². The molecule has 100 valence electrons. The number of nitrogen functional groups attached to an aromatic ring is 1. The molecule has 0 saturated carbocycles. The van der Waals surface area contributed by atoms with Crippen LogP contribution in [0.3, 0.4) is 0 Å². The highest BCUT2D eigenvalue weighted by atomic mass is 19.1. The van der Waals surface area contributed by atoms with Crippen molar-refractivity contribution in [2.45, 2.75) is 13.0 Å². The molecule has 0 unspecified atom stereocenters. The fourth-order valence-corrected chi connectivity index (χ4v) is 1.78. The predicted molar refractivity (Wildman–Crippen MR) is 72.9 cm³/mol. The van der Waals surface area contributed by atoms with Gasteiger partial charge in [0.2, 0.25) is 0 Å². The van der Waals surface area contributed by atoms with Crippen LogP contribution >= 0.6 is 0 Å². The van der Waals surface area contributed by atoms with Gasteiger partial charge in [0.25, 0.3) is 0 Å². The van der Waals surface area contributed by atoms with Gasteiger partial charge >= 0.3 is 0 Å². The lowest BCUT2D eigenvalue weighted by Gasteiger charge is -2.15. The average Bonchev–Trinajstić information content (AvgIpc) is 2.38. The van der Waals surface area contributed by atoms with Gasteiger partial charge in [-0.25, -0.2) is 14.4 Å². The van der Waals surface area contributed by atoms with Crippen LogP contribution in [0.5, 0.6) is 0 Å². The van der Waals surface area contributed by atoms with E-state index in [1.165, 1.54) is 12.1 Å². The van der Waals surface area contributed by atoms with Gasteiger partial charge in [-0.3, -0.25) is 4.90 Å². The Morgan fingerprint density at radius 3 is 2.63 bits per heavy atom. The SMILES string of the molecule is CN(CCc1ccc(F)cc1)Cc1nccc(N)n1. The minimum atomic E-state index is -0.203. The van der Waals surface area contributed by atoms with Crippen LogP contribution in [-0.2, 0) is 13.0 Å². The smallest absolute Gasteiger partial charge is 0.144 e. The van der Waals surface area contributed by atoms with Gasteiger partial charge in [0.1, 0.15) is 17.5 Å². The summed E-state index contributed by atoms with van der Waals surface area (Å²) >= 11 is 0. The minimum absolute atomic E-state index is 0.203. The third kappa shape index (κ3) is 4.30. The normalized spacial score (nSPS) is 10.9. The molecule has 0 radical (unpaired) electrons. The quantitative estimate of drug-likeness (QED) is 0.891. The molecule has 1 aromatic heterocycles. The van der Waals surface area contributed by atoms with Crippen LogP contribution in [-0.4, -0.2) is 28.5 Å². The first kappa shape index (κ1) is 13.4. The van der Waals surface area contributed by atoms with E-state index in [-0.39, 0.29) is 5.82 Å². The maximum atomic E-state index is 12.8. The molecule has 0 saturated heterocycles. The number of anilines is 1. The second kappa shape index (κ2) is 6.24. The molecule has 1 aromatic carbocycles. The minimum Gasteiger partial charge on any atom is -0.384 e. The van der Waals surface area contributed by atoms with E-state index in [9.17, 15) is 4.39 Å². The summed E-state index contributed by atoms with van der Waals surface area (Å²) in [4.78, 5) is 10.4. The second-order valence-electron chi connectivity index (χ2n) is 4.51. The summed E-state index contributed by atoms with van der Waals surface area (Å²) in [6.07, 6.45) is 2.52. The van der Waals surface area contributed by atoms with E-state index in [2.05, 4.69) is 14.9 Å². The van der Waals surface area contributed by atoms with E-state index in [1.807, 2.05) is 7.05 Å². The summed E-state index contributed by atoms with van der Waals surface area (Å²) in [6, 6.07) is 8.25. The molecule has 4 nitrogen and oxygen atoms in total. The van der Waals surface area contributed by atoms with Gasteiger partial charge in [-0.1, -0.05) is 12.1 Å². The van der Waals surface area contributed by atoms with E-state index in [0.717, 1.165) is 18.5 Å². The van der Waals surface area contributed by atoms with Crippen molar-refractivity contribution in [1.29, 1.82) is 0 Å². The van der Waals surface area contributed by atoms with E-state index in [0.29, 0.717) is 18.2 Å². The Morgan fingerprint density at radius 2 is 1.95 bits per heavy atom. The van der Waals surface area contributed by atoms with Crippen molar-refractivity contribution in [3.05, 3.63) is 53.7 Å². The zero-order chi connectivity index (χ0) is 13.7. The molecule has 2 rings (SSSR count). The van der Waals surface area contributed by atoms with Crippen molar-refractivity contribution in [2.75, 3.05) is 19.3 Å². The number of hydrogen-bond acceptors (Lipinski definition) is 4. The highest BCUT2D eigenvalue weighted by Gasteiger charge is 2.04. The molecule has 2 aromatic rings. The van der Waals surface area contributed by atoms with Crippen LogP contribution in [0.25, 0.3) is 0 Å². The van der Waals surface area contributed by atoms with Crippen LogP contribution in [0.2, 0.25) is 0 Å². The molecule has 0 amide bonds. The van der Waals surface area contributed by atoms with Gasteiger partial charge in [0.05, 0.1) is 6.54 Å². The van der Waals surface area contributed by atoms with Gasteiger partial charge in [0, 0.05) is 12.7 Å². The molecule has 0 atom stereocenters. The van der Waals surface area contributed by atoms with Crippen molar-refractivity contribution in [2.24, 2.45) is 0 Å². The molecule has 1 heterocycles. The molecule has 0 fully saturated rings. The van der Waals surface area contributed by atoms with Crippen LogP contribution in [0.1, 0.15) is 11.4 Å². The van der Waals surface area contributed by atoms with E-state index in [1.54, 1.807) is 24.4 Å². The molecule has 0 aliphatic carbocycles. The molecule has 0 bridgehead atoms. The lowest BCUT2D eigenvalue weighted by atomic mass is 10.1. The number of halogens is 1. The molecule has 5 heteroatoms. The van der Waals surface area contributed by atoms with Crippen molar-refractivity contribution in [1.82, 2.24) is 14.9 Å². The van der Waals surface area contributed by atoms with Crippen molar-refractivity contribution in [3.8, 4) is 0 Å². The van der Waals surface area contributed by atoms with Crippen LogP contribution < -0.4 is 5.73 Å². The molecule has 0 aliphatic heterocycles. The Bertz CT molecular complexity index is 527. The lowest BCUT2D eigenvalue weighted by molar-refractivity contribution is 0.322. The van der Waals surface area contributed by atoms with Gasteiger partial charge in [0.15, 0.2) is 0 Å². The number of nitrogens with zero attached hydrogens (tertiary/aromatic N) is 3. The van der Waals surface area contributed by atoms with Crippen molar-refractivity contribution in [3.63, 3.8) is 0 Å². The standard InChI is InChI=1S/C14H17FN4/c1-19(10-14-17-8-6-13(16)18-14)9-7-11-2-4-12(15)5-3-11/h2-6,8H,7,9-10H2,1H3,(H2,16,17,18). The maximum absolute atomic E-state index is 12.8. The first-order chi connectivity index (χ1) is 9.13. The first-order valence-electron chi connectivity index (χ1n) is 6.14. The molecular weight excluding hydrogens is 243 g/mol. The Hall–Kier alpha value is -2.01. The number of rotatable bonds is 5. The van der Waals surface area contributed by atoms with Crippen molar-refractivity contribution < 1.29 is 4.39 Å². The molecule has 0 aliphatic rings. The Morgan fingerprint density at radius 1 is 1.21 bits per heavy atom. The zero-order valence-corrected chi connectivity index (χ0v) is 10.9. The summed E-state index contributed by atoms with van der Waals surface area (Å²) in [5, 5.41) is 0. The number of nitrogens with two attached hydrogens (primary N) is 1. The lowest BCUT2D eigenvalue weighted by Crippen LogP contribution is -2.22. The summed E-state index contributed by atoms with van der Waals surface area (Å²) in [7, 11) is 2.00. The monoisotopic (exact) mass is 260 g/mol. The second-order valence-corrected chi connectivity index (χ2v) is 4.51. The summed E-state index contributed by atoms with van der Waals surface area (Å²) in [6.45, 7) is 1.50. The third-order valence-electron chi connectivity index (χ3n) is 2.83. The van der Waals surface area contributed by atoms with E-state index >= 15 is 0 Å². The fourth-order valence-electron chi connectivity index (χ4n) is 1.78. The Kier molecular flexibility index (Phi) is 4.41. The topological polar surface area (TPSA) is 55.0 Å². The van der Waals surface area contributed by atoms with Gasteiger partial charge < -0.3 is 5.73 Å². The van der Waals surface area contributed by atoms with Gasteiger partial charge in [-0.05, 0) is 37.2 Å². The number of hydrogen-bond donors (Lipinski definition) is 1. The largest absolute Gasteiger partial charge is 0.384 e. The summed E-state index contributed by atoms with van der Waals surface area (Å²) in [5.41, 5.74) is 6.72. The predicted octanol–water partition coefficient (Wildman–Crippen LogP) is 1.87. The highest BCUT2D eigenvalue weighted by molar-refractivity contribution is 5.25. The number of benzene rings is 1. The molecular formula is C14H17FN4. The summed E-state index contributed by atoms with van der Waals surface area (Å²) < 4.78 is 12.8. The molecule has 19 heavy (non-hydrogen) atoms. The molecule has 2 N–H and O–H groups in total. The van der Waals surface area contributed by atoms with Crippen LogP contribution in [0.15, 0.2) is 36.5 Å². The first-order valence-corrected chi connectivity index (χ1v) is 6.14. The zero-order valence-electron chi connectivity index (χ0n) is 10.9. The Labute approximate surface area is 112 Å². The highest BCUT2D eigenvalue weighted by Crippen LogP contribution is 2.05. The summed E-state index contributed by atoms with van der Waals surface area (Å²) in [5.74, 6) is 0.990. The van der Waals surface area contributed by atoms with Crippen LogP contribution in [0, 0.1) is 5.82 Å². The van der Waals surface area contributed by atoms with E-state index < -0.39 is 0 Å². The van der Waals surface area contributed by atoms with Gasteiger partial charge in [-0.2, -0.15) is 0 Å². The van der Waals surface area contributed by atoms with Crippen molar-refractivity contribution >= 4 is 5.82 Å². The third-order valence-corrected chi connectivity index (χ3v) is 2.83. The number of aromatic nitrogens is 2. The Balaban J connectivity index is 1.84.